The fourth-order valence-electron chi connectivity index (χ4n) is 2.55. The molecular weight excluding hydrogens is 330 g/mol. The van der Waals surface area contributed by atoms with E-state index in [2.05, 4.69) is 5.32 Å². The maximum Gasteiger partial charge on any atom is 0.310 e. The molecule has 5 nitrogen and oxygen atoms in total. The molecule has 0 amide bonds. The largest absolute Gasteiger partial charge is 0.492 e. The minimum Gasteiger partial charge on any atom is -0.492 e. The van der Waals surface area contributed by atoms with Crippen molar-refractivity contribution in [3.63, 3.8) is 0 Å². The lowest BCUT2D eigenvalue weighted by atomic mass is 10.0. The van der Waals surface area contributed by atoms with Gasteiger partial charge in [-0.1, -0.05) is 37.3 Å². The van der Waals surface area contributed by atoms with Crippen LogP contribution in [-0.4, -0.2) is 29.8 Å². The highest BCUT2D eigenvalue weighted by Gasteiger charge is 2.18. The van der Waals surface area contributed by atoms with Crippen molar-refractivity contribution in [1.82, 2.24) is 5.32 Å². The smallest absolute Gasteiger partial charge is 0.310 e. The van der Waals surface area contributed by atoms with Crippen molar-refractivity contribution in [3.8, 4) is 11.5 Å². The Hall–Kier alpha value is -2.37. The highest BCUT2D eigenvalue weighted by atomic mass is 16.5. The quantitative estimate of drug-likeness (QED) is 0.531. The van der Waals surface area contributed by atoms with Crippen LogP contribution in [0.2, 0.25) is 0 Å². The van der Waals surface area contributed by atoms with Gasteiger partial charge in [-0.2, -0.15) is 0 Å². The van der Waals surface area contributed by atoms with Gasteiger partial charge in [-0.3, -0.25) is 4.79 Å². The Bertz CT molecular complexity index is 672. The minimum absolute atomic E-state index is 0.0737. The van der Waals surface area contributed by atoms with Crippen LogP contribution in [0.15, 0.2) is 54.6 Å². The van der Waals surface area contributed by atoms with Gasteiger partial charge in [0.25, 0.3) is 0 Å². The Morgan fingerprint density at radius 1 is 1.04 bits per heavy atom. The molecule has 2 aromatic rings. The summed E-state index contributed by atoms with van der Waals surface area (Å²) in [5, 5.41) is 13.9. The summed E-state index contributed by atoms with van der Waals surface area (Å²) in [4.78, 5) is 11.3. The predicted octanol–water partition coefficient (Wildman–Crippen LogP) is 3.48. The van der Waals surface area contributed by atoms with E-state index < -0.39 is 6.10 Å². The number of esters is 1. The average molecular weight is 357 g/mol. The van der Waals surface area contributed by atoms with Crippen molar-refractivity contribution in [2.45, 2.75) is 45.4 Å². The first-order valence-corrected chi connectivity index (χ1v) is 8.92. The Kier molecular flexibility index (Phi) is 7.63. The van der Waals surface area contributed by atoms with E-state index in [9.17, 15) is 9.90 Å². The molecule has 0 aliphatic carbocycles. The molecule has 3 unspecified atom stereocenters. The van der Waals surface area contributed by atoms with Gasteiger partial charge in [-0.15, -0.1) is 0 Å². The molecule has 0 saturated heterocycles. The summed E-state index contributed by atoms with van der Waals surface area (Å²) in [6, 6.07) is 16.5. The second-order valence-corrected chi connectivity index (χ2v) is 6.32. The van der Waals surface area contributed by atoms with Crippen LogP contribution in [0.4, 0.5) is 0 Å². The van der Waals surface area contributed by atoms with Crippen molar-refractivity contribution in [1.29, 1.82) is 0 Å². The van der Waals surface area contributed by atoms with Gasteiger partial charge in [-0.25, -0.2) is 0 Å². The van der Waals surface area contributed by atoms with Crippen LogP contribution in [-0.2, 0) is 4.79 Å². The number of hydrogen-bond donors (Lipinski definition) is 2. The fourth-order valence-corrected chi connectivity index (χ4v) is 2.55. The van der Waals surface area contributed by atoms with Gasteiger partial charge in [0.15, 0.2) is 0 Å². The number of aliphatic hydroxyl groups is 1. The number of aliphatic hydroxyl groups excluding tert-OH is 1. The number of ether oxygens (including phenoxy) is 2. The lowest BCUT2D eigenvalue weighted by molar-refractivity contribution is -0.134. The lowest BCUT2D eigenvalue weighted by Crippen LogP contribution is -2.41. The zero-order valence-corrected chi connectivity index (χ0v) is 15.5. The number of rotatable bonds is 9. The number of carbonyl (C=O) groups is 1. The number of nitrogens with one attached hydrogen (secondary N) is 1. The average Bonchev–Trinajstić information content (AvgIpc) is 2.67. The van der Waals surface area contributed by atoms with Crippen LogP contribution in [0, 0.1) is 0 Å². The van der Waals surface area contributed by atoms with Crippen molar-refractivity contribution >= 4 is 5.97 Å². The first-order valence-electron chi connectivity index (χ1n) is 8.92. The zero-order chi connectivity index (χ0) is 18.9. The van der Waals surface area contributed by atoms with E-state index in [1.165, 1.54) is 0 Å². The van der Waals surface area contributed by atoms with E-state index in [4.69, 9.17) is 9.47 Å². The molecule has 0 bridgehead atoms. The lowest BCUT2D eigenvalue weighted by Gasteiger charge is -2.25. The van der Waals surface area contributed by atoms with E-state index in [0.29, 0.717) is 18.8 Å². The van der Waals surface area contributed by atoms with Crippen LogP contribution < -0.4 is 14.8 Å². The van der Waals surface area contributed by atoms with Crippen molar-refractivity contribution in [3.05, 3.63) is 60.2 Å². The number of hydrogen-bond acceptors (Lipinski definition) is 5. The van der Waals surface area contributed by atoms with Gasteiger partial charge in [0, 0.05) is 18.5 Å². The molecule has 5 heteroatoms. The van der Waals surface area contributed by atoms with E-state index in [1.807, 2.05) is 44.2 Å². The number of benzene rings is 2. The van der Waals surface area contributed by atoms with E-state index in [0.717, 1.165) is 11.3 Å². The summed E-state index contributed by atoms with van der Waals surface area (Å²) < 4.78 is 10.9. The molecule has 0 aliphatic rings. The molecule has 0 aromatic heterocycles. The maximum absolute atomic E-state index is 11.3. The molecule has 0 saturated carbocycles. The van der Waals surface area contributed by atoms with Crippen LogP contribution in [0.1, 0.15) is 38.9 Å². The van der Waals surface area contributed by atoms with Crippen LogP contribution in [0.5, 0.6) is 11.5 Å². The van der Waals surface area contributed by atoms with Gasteiger partial charge in [0.05, 0.1) is 6.10 Å². The standard InChI is InChI=1S/C21H27NO4/c1-4-20(23)26-19-12-10-17(11-13-19)21(24)16(3)22-15(2)14-25-18-8-6-5-7-9-18/h5-13,15-16,21-22,24H,4,14H2,1-3H3. The van der Waals surface area contributed by atoms with Crippen molar-refractivity contribution in [2.75, 3.05) is 6.61 Å². The second-order valence-electron chi connectivity index (χ2n) is 6.32. The number of carbonyl (C=O) groups excluding carboxylic acids is 1. The van der Waals surface area contributed by atoms with Gasteiger partial charge in [-0.05, 0) is 43.7 Å². The third-order valence-electron chi connectivity index (χ3n) is 4.01. The third-order valence-corrected chi connectivity index (χ3v) is 4.01. The number of para-hydroxylation sites is 1. The molecule has 2 aromatic carbocycles. The predicted molar refractivity (Wildman–Crippen MR) is 101 cm³/mol. The Balaban J connectivity index is 1.84. The van der Waals surface area contributed by atoms with Crippen molar-refractivity contribution in [2.24, 2.45) is 0 Å². The second kappa shape index (κ2) is 9.94. The fraction of sp³-hybridized carbons (Fsp3) is 0.381. The normalized spacial score (nSPS) is 14.3. The molecule has 3 atom stereocenters. The molecule has 2 rings (SSSR count). The molecule has 140 valence electrons. The monoisotopic (exact) mass is 357 g/mol. The zero-order valence-electron chi connectivity index (χ0n) is 15.5. The summed E-state index contributed by atoms with van der Waals surface area (Å²) >= 11 is 0. The van der Waals surface area contributed by atoms with E-state index in [-0.39, 0.29) is 18.1 Å². The van der Waals surface area contributed by atoms with Gasteiger partial charge in [0.2, 0.25) is 0 Å². The molecule has 0 fully saturated rings. The highest BCUT2D eigenvalue weighted by Crippen LogP contribution is 2.21. The molecule has 26 heavy (non-hydrogen) atoms. The van der Waals surface area contributed by atoms with Crippen LogP contribution >= 0.6 is 0 Å². The third kappa shape index (κ3) is 6.17. The summed E-state index contributed by atoms with van der Waals surface area (Å²) in [7, 11) is 0. The summed E-state index contributed by atoms with van der Waals surface area (Å²) in [5.74, 6) is 1.03. The van der Waals surface area contributed by atoms with Gasteiger partial charge in [0.1, 0.15) is 18.1 Å². The Morgan fingerprint density at radius 3 is 2.31 bits per heavy atom. The first kappa shape index (κ1) is 19.9. The van der Waals surface area contributed by atoms with Crippen molar-refractivity contribution < 1.29 is 19.4 Å². The topological polar surface area (TPSA) is 67.8 Å². The molecule has 0 radical (unpaired) electrons. The first-order chi connectivity index (χ1) is 12.5. The van der Waals surface area contributed by atoms with Gasteiger partial charge >= 0.3 is 5.97 Å². The summed E-state index contributed by atoms with van der Waals surface area (Å²) in [5.41, 5.74) is 0.762. The van der Waals surface area contributed by atoms with E-state index in [1.54, 1.807) is 31.2 Å². The minimum atomic E-state index is -0.676. The highest BCUT2D eigenvalue weighted by molar-refractivity contribution is 5.71. The Labute approximate surface area is 155 Å². The maximum atomic E-state index is 11.3. The van der Waals surface area contributed by atoms with E-state index >= 15 is 0 Å². The molecule has 0 heterocycles. The molecule has 2 N–H and O–H groups in total. The van der Waals surface area contributed by atoms with Crippen LogP contribution in [0.25, 0.3) is 0 Å². The van der Waals surface area contributed by atoms with Gasteiger partial charge < -0.3 is 19.9 Å². The summed E-state index contributed by atoms with van der Waals surface area (Å²) in [6.07, 6.45) is -0.348. The molecule has 0 aliphatic heterocycles. The molecular formula is C21H27NO4. The SMILES string of the molecule is CCC(=O)Oc1ccc(C(O)C(C)NC(C)COc2ccccc2)cc1. The van der Waals surface area contributed by atoms with Crippen LogP contribution in [0.3, 0.4) is 0 Å². The summed E-state index contributed by atoms with van der Waals surface area (Å²) in [6.45, 7) is 6.19. The Morgan fingerprint density at radius 2 is 1.69 bits per heavy atom. The molecule has 0 spiro atoms.